The molecule has 0 amide bonds. The van der Waals surface area contributed by atoms with Crippen LogP contribution in [0.5, 0.6) is 5.75 Å². The highest BCUT2D eigenvalue weighted by Crippen LogP contribution is 2.35. The zero-order valence-corrected chi connectivity index (χ0v) is 16.7. The largest absolute Gasteiger partial charge is 0.497 e. The lowest BCUT2D eigenvalue weighted by molar-refractivity contribution is 0.414. The topological polar surface area (TPSA) is 42.3 Å². The van der Waals surface area contributed by atoms with Gasteiger partial charge < -0.3 is 15.0 Å². The van der Waals surface area contributed by atoms with Crippen molar-refractivity contribution in [1.82, 2.24) is 19.8 Å². The summed E-state index contributed by atoms with van der Waals surface area (Å²) in [5, 5.41) is 3.39. The molecule has 2 aromatic rings. The van der Waals surface area contributed by atoms with Gasteiger partial charge in [0.15, 0.2) is 0 Å². The van der Waals surface area contributed by atoms with Crippen molar-refractivity contribution in [2.45, 2.75) is 38.6 Å². The minimum atomic E-state index is 0.436. The summed E-state index contributed by atoms with van der Waals surface area (Å²) in [6.45, 7) is 12.3. The molecule has 3 heterocycles. The molecule has 0 saturated carbocycles. The molecule has 0 aliphatic carbocycles. The van der Waals surface area contributed by atoms with Crippen LogP contribution >= 0.6 is 0 Å². The Labute approximate surface area is 167 Å². The van der Waals surface area contributed by atoms with Crippen LogP contribution < -0.4 is 10.1 Å². The van der Waals surface area contributed by atoms with Gasteiger partial charge in [0.25, 0.3) is 0 Å². The fourth-order valence-electron chi connectivity index (χ4n) is 4.03. The van der Waals surface area contributed by atoms with Gasteiger partial charge in [0.2, 0.25) is 0 Å². The summed E-state index contributed by atoms with van der Waals surface area (Å²) in [7, 11) is 1.69. The fraction of sp³-hybridized carbons (Fsp3) is 0.348. The van der Waals surface area contributed by atoms with Crippen LogP contribution in [0.1, 0.15) is 49.2 Å². The first-order valence-electron chi connectivity index (χ1n) is 9.83. The van der Waals surface area contributed by atoms with Crippen LogP contribution in [0.4, 0.5) is 0 Å². The molecule has 0 bridgehead atoms. The Balaban J connectivity index is 1.58. The predicted molar refractivity (Wildman–Crippen MR) is 113 cm³/mol. The molecule has 4 rings (SSSR count). The minimum absolute atomic E-state index is 0.436. The first kappa shape index (κ1) is 18.4. The molecule has 1 fully saturated rings. The first-order chi connectivity index (χ1) is 13.6. The number of ether oxygens (including phenoxy) is 1. The number of hydrogen-bond acceptors (Lipinski definition) is 4. The summed E-state index contributed by atoms with van der Waals surface area (Å²) in [6, 6.07) is 8.19. The maximum absolute atomic E-state index is 5.26. The normalized spacial score (nSPS) is 19.6. The molecule has 28 heavy (non-hydrogen) atoms. The van der Waals surface area contributed by atoms with Crippen molar-refractivity contribution in [1.29, 1.82) is 0 Å². The van der Waals surface area contributed by atoms with Crippen LogP contribution in [0.15, 0.2) is 55.0 Å². The number of hydrogen-bond donors (Lipinski definition) is 1. The Morgan fingerprint density at radius 1 is 1.21 bits per heavy atom. The molecule has 1 aromatic heterocycles. The van der Waals surface area contributed by atoms with E-state index in [0.717, 1.165) is 61.0 Å². The second-order valence-corrected chi connectivity index (χ2v) is 7.58. The molecule has 1 saturated heterocycles. The number of benzene rings is 1. The van der Waals surface area contributed by atoms with E-state index in [-0.39, 0.29) is 0 Å². The molecule has 2 aliphatic rings. The summed E-state index contributed by atoms with van der Waals surface area (Å²) in [5.41, 5.74) is 5.59. The smallest absolute Gasteiger partial charge is 0.118 e. The molecule has 0 radical (unpaired) electrons. The van der Waals surface area contributed by atoms with Crippen molar-refractivity contribution in [3.63, 3.8) is 0 Å². The van der Waals surface area contributed by atoms with Gasteiger partial charge in [-0.2, -0.15) is 0 Å². The second-order valence-electron chi connectivity index (χ2n) is 7.58. The van der Waals surface area contributed by atoms with Crippen molar-refractivity contribution in [3.05, 3.63) is 72.1 Å². The molecule has 1 atom stereocenters. The second kappa shape index (κ2) is 7.58. The molecule has 2 aliphatic heterocycles. The van der Waals surface area contributed by atoms with E-state index in [9.17, 15) is 0 Å². The lowest BCUT2D eigenvalue weighted by Gasteiger charge is -2.32. The van der Waals surface area contributed by atoms with Gasteiger partial charge in [-0.25, -0.2) is 4.98 Å². The molecule has 5 nitrogen and oxygen atoms in total. The van der Waals surface area contributed by atoms with E-state index in [1.165, 1.54) is 11.3 Å². The van der Waals surface area contributed by atoms with Crippen molar-refractivity contribution >= 4 is 11.9 Å². The minimum Gasteiger partial charge on any atom is -0.497 e. The SMILES string of the molecule is C=C1CCC(c2ncc3n2C=C(C)N(Cc2ccc(OC)cc2)C3=C)CCN1. The van der Waals surface area contributed by atoms with Gasteiger partial charge in [-0.05, 0) is 43.9 Å². The summed E-state index contributed by atoms with van der Waals surface area (Å²) in [6.07, 6.45) is 7.32. The monoisotopic (exact) mass is 376 g/mol. The average Bonchev–Trinajstić information content (AvgIpc) is 2.99. The standard InChI is InChI=1S/C23H28N4O/c1-16-5-8-20(11-12-24-16)23-25-13-22-18(3)26(17(2)14-27(22)23)15-19-6-9-21(28-4)10-7-19/h6-7,9-10,13-14,20,24H,1,3,5,8,11-12,15H2,2,4H3. The number of nitrogens with zero attached hydrogens (tertiary/aromatic N) is 3. The lowest BCUT2D eigenvalue weighted by Crippen LogP contribution is -2.25. The number of methoxy groups -OCH3 is 1. The van der Waals surface area contributed by atoms with Crippen molar-refractivity contribution in [3.8, 4) is 5.75 Å². The predicted octanol–water partition coefficient (Wildman–Crippen LogP) is 4.57. The maximum Gasteiger partial charge on any atom is 0.118 e. The zero-order valence-electron chi connectivity index (χ0n) is 16.7. The van der Waals surface area contributed by atoms with Crippen molar-refractivity contribution in [2.24, 2.45) is 0 Å². The molecular weight excluding hydrogens is 348 g/mol. The summed E-state index contributed by atoms with van der Waals surface area (Å²) in [4.78, 5) is 7.04. The Hall–Kier alpha value is -2.95. The van der Waals surface area contributed by atoms with E-state index < -0.39 is 0 Å². The van der Waals surface area contributed by atoms with Crippen LogP contribution in [0.25, 0.3) is 11.9 Å². The molecule has 1 aromatic carbocycles. The summed E-state index contributed by atoms with van der Waals surface area (Å²) in [5.74, 6) is 2.44. The number of fused-ring (bicyclic) bond motifs is 1. The van der Waals surface area contributed by atoms with Gasteiger partial charge in [-0.15, -0.1) is 0 Å². The van der Waals surface area contributed by atoms with Crippen molar-refractivity contribution in [2.75, 3.05) is 13.7 Å². The van der Waals surface area contributed by atoms with Gasteiger partial charge in [0, 0.05) is 36.6 Å². The third kappa shape index (κ3) is 3.44. The Morgan fingerprint density at radius 3 is 2.75 bits per heavy atom. The maximum atomic E-state index is 5.26. The first-order valence-corrected chi connectivity index (χ1v) is 9.83. The molecule has 0 spiro atoms. The quantitative estimate of drug-likeness (QED) is 0.849. The fourth-order valence-corrected chi connectivity index (χ4v) is 4.03. The van der Waals surface area contributed by atoms with Crippen LogP contribution in [0, 0.1) is 0 Å². The van der Waals surface area contributed by atoms with Crippen LogP contribution in [0.2, 0.25) is 0 Å². The Kier molecular flexibility index (Phi) is 4.99. The van der Waals surface area contributed by atoms with Gasteiger partial charge in [-0.3, -0.25) is 4.57 Å². The van der Waals surface area contributed by atoms with E-state index in [1.807, 2.05) is 18.3 Å². The van der Waals surface area contributed by atoms with E-state index in [4.69, 9.17) is 9.72 Å². The highest BCUT2D eigenvalue weighted by atomic mass is 16.5. The molecule has 5 heteroatoms. The average molecular weight is 377 g/mol. The number of nitrogens with one attached hydrogen (secondary N) is 1. The third-order valence-electron chi connectivity index (χ3n) is 5.72. The van der Waals surface area contributed by atoms with E-state index in [2.05, 4.69) is 53.2 Å². The Bertz CT molecular complexity index is 923. The number of rotatable bonds is 4. The van der Waals surface area contributed by atoms with Crippen LogP contribution in [-0.2, 0) is 6.54 Å². The lowest BCUT2D eigenvalue weighted by atomic mass is 9.99. The van der Waals surface area contributed by atoms with Crippen molar-refractivity contribution < 1.29 is 4.74 Å². The van der Waals surface area contributed by atoms with Crippen LogP contribution in [-0.4, -0.2) is 28.1 Å². The molecule has 1 unspecified atom stereocenters. The van der Waals surface area contributed by atoms with Gasteiger partial charge in [-0.1, -0.05) is 25.3 Å². The molecule has 146 valence electrons. The van der Waals surface area contributed by atoms with Gasteiger partial charge >= 0.3 is 0 Å². The van der Waals surface area contributed by atoms with E-state index >= 15 is 0 Å². The number of aromatic nitrogens is 2. The van der Waals surface area contributed by atoms with E-state index in [1.54, 1.807) is 7.11 Å². The highest BCUT2D eigenvalue weighted by Gasteiger charge is 2.27. The highest BCUT2D eigenvalue weighted by molar-refractivity contribution is 5.67. The molecular formula is C23H28N4O. The molecule has 1 N–H and O–H groups in total. The van der Waals surface area contributed by atoms with Gasteiger partial charge in [0.05, 0.1) is 24.7 Å². The van der Waals surface area contributed by atoms with Crippen LogP contribution in [0.3, 0.4) is 0 Å². The Morgan fingerprint density at radius 2 is 2.00 bits per heavy atom. The summed E-state index contributed by atoms with van der Waals surface area (Å²) >= 11 is 0. The third-order valence-corrected chi connectivity index (χ3v) is 5.72. The number of allylic oxidation sites excluding steroid dienone is 2. The van der Waals surface area contributed by atoms with E-state index in [0.29, 0.717) is 5.92 Å². The van der Waals surface area contributed by atoms with Gasteiger partial charge in [0.1, 0.15) is 11.6 Å². The summed E-state index contributed by atoms with van der Waals surface area (Å²) < 4.78 is 7.50. The number of imidazole rings is 1. The zero-order chi connectivity index (χ0) is 19.7.